The first-order chi connectivity index (χ1) is 16.4. The Morgan fingerprint density at radius 3 is 2.44 bits per heavy atom. The summed E-state index contributed by atoms with van der Waals surface area (Å²) in [5.41, 5.74) is 2.18. The average Bonchev–Trinajstić information content (AvgIpc) is 3.19. The van der Waals surface area contributed by atoms with Crippen LogP contribution < -0.4 is 20.7 Å². The van der Waals surface area contributed by atoms with Crippen molar-refractivity contribution in [2.24, 2.45) is 0 Å². The zero-order chi connectivity index (χ0) is 24.1. The molecule has 0 aliphatic carbocycles. The third kappa shape index (κ3) is 5.53. The molecule has 0 saturated carbocycles. The molecule has 34 heavy (non-hydrogen) atoms. The molecule has 2 amide bonds. The molecule has 4 aromatic rings. The maximum atomic E-state index is 12.7. The van der Waals surface area contributed by atoms with Gasteiger partial charge >= 0.3 is 0 Å². The summed E-state index contributed by atoms with van der Waals surface area (Å²) in [5.74, 6) is 0.105. The number of rotatable bonds is 6. The lowest BCUT2D eigenvalue weighted by molar-refractivity contribution is 0.0949. The predicted octanol–water partition coefficient (Wildman–Crippen LogP) is 5.62. The fourth-order valence-corrected chi connectivity index (χ4v) is 4.88. The largest absolute Gasteiger partial charge is 0.497 e. The van der Waals surface area contributed by atoms with Crippen molar-refractivity contribution in [3.05, 3.63) is 93.8 Å². The number of nitrogens with one attached hydrogen (secondary N) is 3. The van der Waals surface area contributed by atoms with Gasteiger partial charge in [-0.25, -0.2) is 0 Å². The van der Waals surface area contributed by atoms with E-state index in [9.17, 15) is 9.59 Å². The van der Waals surface area contributed by atoms with Crippen molar-refractivity contribution in [3.8, 4) is 5.75 Å². The Kier molecular flexibility index (Phi) is 7.42. The van der Waals surface area contributed by atoms with Crippen LogP contribution in [-0.2, 0) is 6.54 Å². The Morgan fingerprint density at radius 2 is 1.74 bits per heavy atom. The van der Waals surface area contributed by atoms with E-state index in [-0.39, 0.29) is 11.0 Å². The van der Waals surface area contributed by atoms with E-state index in [1.165, 1.54) is 11.3 Å². The summed E-state index contributed by atoms with van der Waals surface area (Å²) in [6, 6.07) is 21.9. The molecular weight excluding hydrogens is 490 g/mol. The minimum atomic E-state index is -0.403. The van der Waals surface area contributed by atoms with Gasteiger partial charge in [0.25, 0.3) is 11.8 Å². The number of carbonyl (C=O) groups is 2. The van der Waals surface area contributed by atoms with E-state index in [1.807, 2.05) is 42.5 Å². The lowest BCUT2D eigenvalue weighted by Gasteiger charge is -2.10. The van der Waals surface area contributed by atoms with Crippen LogP contribution in [0.1, 0.15) is 25.6 Å². The molecule has 4 rings (SSSR count). The zero-order valence-corrected chi connectivity index (χ0v) is 20.4. The molecule has 0 bridgehead atoms. The molecule has 0 unspecified atom stereocenters. The average molecular weight is 510 g/mol. The number of benzene rings is 3. The molecule has 6 nitrogen and oxygen atoms in total. The van der Waals surface area contributed by atoms with Crippen molar-refractivity contribution in [2.75, 3.05) is 12.4 Å². The summed E-state index contributed by atoms with van der Waals surface area (Å²) >= 11 is 12.9. The Hall–Kier alpha value is -3.46. The molecule has 1 heterocycles. The number of hydrogen-bond donors (Lipinski definition) is 3. The maximum absolute atomic E-state index is 12.7. The minimum absolute atomic E-state index is 0.123. The molecule has 0 saturated heterocycles. The molecule has 9 heteroatoms. The van der Waals surface area contributed by atoms with E-state index >= 15 is 0 Å². The zero-order valence-electron chi connectivity index (χ0n) is 18.1. The van der Waals surface area contributed by atoms with Gasteiger partial charge in [-0.15, -0.1) is 11.3 Å². The summed E-state index contributed by atoms with van der Waals surface area (Å²) in [6.07, 6.45) is 0. The summed E-state index contributed by atoms with van der Waals surface area (Å²) < 4.78 is 6.07. The van der Waals surface area contributed by atoms with E-state index in [4.69, 9.17) is 28.6 Å². The number of carbonyl (C=O) groups excluding carboxylic acids is 2. The molecule has 0 spiro atoms. The fraction of sp³-hybridized carbons (Fsp3) is 0.0800. The van der Waals surface area contributed by atoms with Gasteiger partial charge in [0.2, 0.25) is 0 Å². The first-order valence-corrected chi connectivity index (χ1v) is 11.9. The lowest BCUT2D eigenvalue weighted by atomic mass is 10.2. The van der Waals surface area contributed by atoms with Gasteiger partial charge < -0.3 is 15.4 Å². The predicted molar refractivity (Wildman–Crippen MR) is 141 cm³/mol. The first kappa shape index (κ1) is 23.7. The molecule has 0 atom stereocenters. The highest BCUT2D eigenvalue weighted by atomic mass is 35.5. The van der Waals surface area contributed by atoms with Crippen LogP contribution in [0.4, 0.5) is 5.69 Å². The van der Waals surface area contributed by atoms with Crippen molar-refractivity contribution in [2.45, 2.75) is 6.54 Å². The standard InChI is InChI=1S/C25H20ClN3O3S2/c1-32-18-11-12-19-20(13-18)34-22(21(19)26)24(31)29-25(33)28-17-9-7-16(8-10-17)23(30)27-14-15-5-3-2-4-6-15/h2-13H,14H2,1H3,(H,27,30)(H2,28,29,31,33). The van der Waals surface area contributed by atoms with E-state index in [2.05, 4.69) is 16.0 Å². The number of thiocarbonyl (C=S) groups is 1. The topological polar surface area (TPSA) is 79.5 Å². The minimum Gasteiger partial charge on any atom is -0.497 e. The molecule has 0 fully saturated rings. The van der Waals surface area contributed by atoms with Gasteiger partial charge in [0.05, 0.1) is 12.1 Å². The van der Waals surface area contributed by atoms with Gasteiger partial charge in [-0.05, 0) is 60.2 Å². The second-order valence-electron chi connectivity index (χ2n) is 7.26. The molecular formula is C25H20ClN3O3S2. The van der Waals surface area contributed by atoms with Gasteiger partial charge in [-0.2, -0.15) is 0 Å². The summed E-state index contributed by atoms with van der Waals surface area (Å²) in [7, 11) is 1.58. The van der Waals surface area contributed by atoms with Crippen LogP contribution in [0, 0.1) is 0 Å². The van der Waals surface area contributed by atoms with Crippen molar-refractivity contribution in [3.63, 3.8) is 0 Å². The molecule has 0 aliphatic rings. The fourth-order valence-electron chi connectivity index (χ4n) is 3.23. The van der Waals surface area contributed by atoms with E-state index in [0.717, 1.165) is 15.6 Å². The highest BCUT2D eigenvalue weighted by Gasteiger charge is 2.18. The number of anilines is 1. The second-order valence-corrected chi connectivity index (χ2v) is 9.10. The molecule has 3 N–H and O–H groups in total. The van der Waals surface area contributed by atoms with Crippen LogP contribution in [0.2, 0.25) is 5.02 Å². The number of halogens is 1. The van der Waals surface area contributed by atoms with Crippen molar-refractivity contribution in [1.29, 1.82) is 0 Å². The van der Waals surface area contributed by atoms with Crippen LogP contribution in [0.5, 0.6) is 5.75 Å². The maximum Gasteiger partial charge on any atom is 0.269 e. The smallest absolute Gasteiger partial charge is 0.269 e. The van der Waals surface area contributed by atoms with Crippen molar-refractivity contribution >= 4 is 67.9 Å². The Bertz CT molecular complexity index is 1360. The summed E-state index contributed by atoms with van der Waals surface area (Å²) in [5, 5.41) is 9.74. The van der Waals surface area contributed by atoms with E-state index in [1.54, 1.807) is 37.4 Å². The normalized spacial score (nSPS) is 10.5. The Balaban J connectivity index is 1.34. The van der Waals surface area contributed by atoms with E-state index < -0.39 is 5.91 Å². The van der Waals surface area contributed by atoms with Gasteiger partial charge in [-0.1, -0.05) is 41.9 Å². The van der Waals surface area contributed by atoms with Gasteiger partial charge in [0, 0.05) is 27.9 Å². The summed E-state index contributed by atoms with van der Waals surface area (Å²) in [4.78, 5) is 25.5. The lowest BCUT2D eigenvalue weighted by Crippen LogP contribution is -2.33. The van der Waals surface area contributed by atoms with Crippen LogP contribution in [0.15, 0.2) is 72.8 Å². The molecule has 172 valence electrons. The third-order valence-electron chi connectivity index (χ3n) is 4.97. The number of methoxy groups -OCH3 is 1. The second kappa shape index (κ2) is 10.6. The van der Waals surface area contributed by atoms with Crippen LogP contribution in [0.25, 0.3) is 10.1 Å². The highest BCUT2D eigenvalue weighted by Crippen LogP contribution is 2.37. The monoisotopic (exact) mass is 509 g/mol. The number of amides is 2. The van der Waals surface area contributed by atoms with Crippen molar-refractivity contribution < 1.29 is 14.3 Å². The van der Waals surface area contributed by atoms with Crippen LogP contribution >= 0.6 is 35.2 Å². The number of thiophene rings is 1. The van der Waals surface area contributed by atoms with Crippen LogP contribution in [-0.4, -0.2) is 24.0 Å². The number of hydrogen-bond acceptors (Lipinski definition) is 5. The van der Waals surface area contributed by atoms with Crippen LogP contribution in [0.3, 0.4) is 0 Å². The molecule has 1 aromatic heterocycles. The first-order valence-electron chi connectivity index (χ1n) is 10.2. The molecule has 0 aliphatic heterocycles. The molecule has 3 aromatic carbocycles. The Morgan fingerprint density at radius 1 is 1.00 bits per heavy atom. The highest BCUT2D eigenvalue weighted by molar-refractivity contribution is 7.80. The molecule has 0 radical (unpaired) electrons. The quantitative estimate of drug-likeness (QED) is 0.294. The van der Waals surface area contributed by atoms with E-state index in [0.29, 0.717) is 33.4 Å². The third-order valence-corrected chi connectivity index (χ3v) is 6.83. The number of fused-ring (bicyclic) bond motifs is 1. The van der Waals surface area contributed by atoms with Crippen molar-refractivity contribution in [1.82, 2.24) is 10.6 Å². The van der Waals surface area contributed by atoms with Gasteiger partial charge in [0.15, 0.2) is 5.11 Å². The SMILES string of the molecule is COc1ccc2c(Cl)c(C(=O)NC(=S)Nc3ccc(C(=O)NCc4ccccc4)cc3)sc2c1. The number of ether oxygens (including phenoxy) is 1. The van der Waals surface area contributed by atoms with Gasteiger partial charge in [0.1, 0.15) is 10.6 Å². The summed E-state index contributed by atoms with van der Waals surface area (Å²) in [6.45, 7) is 0.447. The van der Waals surface area contributed by atoms with Gasteiger partial charge in [-0.3, -0.25) is 14.9 Å². The Labute approximate surface area is 210 Å².